The molecule has 0 aliphatic heterocycles. The zero-order chi connectivity index (χ0) is 16.5. The average molecular weight is 312 g/mol. The molecule has 0 saturated heterocycles. The molecule has 1 aromatic rings. The number of halogens is 1. The molecule has 0 spiro atoms. The number of rotatable bonds is 9. The van der Waals surface area contributed by atoms with Crippen LogP contribution in [0.4, 0.5) is 4.39 Å². The number of aromatic nitrogens is 1. The molecular weight excluding hydrogens is 291 g/mol. The van der Waals surface area contributed by atoms with Crippen molar-refractivity contribution >= 4 is 11.9 Å². The van der Waals surface area contributed by atoms with Gasteiger partial charge in [0.05, 0.1) is 17.7 Å². The number of carbonyl (C=O) groups is 2. The van der Waals surface area contributed by atoms with Gasteiger partial charge in [0.15, 0.2) is 0 Å². The van der Waals surface area contributed by atoms with E-state index < -0.39 is 23.6 Å². The summed E-state index contributed by atoms with van der Waals surface area (Å²) in [6.07, 6.45) is 2.86. The van der Waals surface area contributed by atoms with Crippen molar-refractivity contribution in [1.82, 2.24) is 9.88 Å². The predicted octanol–water partition coefficient (Wildman–Crippen LogP) is 1.81. The minimum atomic E-state index is -0.986. The van der Waals surface area contributed by atoms with E-state index in [0.717, 1.165) is 12.3 Å². The highest BCUT2D eigenvalue weighted by Crippen LogP contribution is 2.09. The number of hydrogen-bond donors (Lipinski definition) is 1. The van der Waals surface area contributed by atoms with E-state index in [9.17, 15) is 14.0 Å². The average Bonchev–Trinajstić information content (AvgIpc) is 2.49. The molecule has 0 aliphatic rings. The van der Waals surface area contributed by atoms with E-state index in [1.54, 1.807) is 0 Å². The Labute approximate surface area is 128 Å². The van der Waals surface area contributed by atoms with E-state index in [2.05, 4.69) is 4.98 Å². The number of hydrogen-bond acceptors (Lipinski definition) is 4. The monoisotopic (exact) mass is 312 g/mol. The van der Waals surface area contributed by atoms with Crippen LogP contribution in [0.5, 0.6) is 0 Å². The summed E-state index contributed by atoms with van der Waals surface area (Å²) in [4.78, 5) is 28.4. The molecule has 0 aliphatic carbocycles. The van der Waals surface area contributed by atoms with Gasteiger partial charge in [-0.05, 0) is 19.4 Å². The summed E-state index contributed by atoms with van der Waals surface area (Å²) in [5, 5.41) is 9.00. The molecule has 1 rings (SSSR count). The molecule has 1 unspecified atom stereocenters. The Morgan fingerprint density at radius 2 is 2.18 bits per heavy atom. The van der Waals surface area contributed by atoms with Crippen LogP contribution in [0.25, 0.3) is 0 Å². The van der Waals surface area contributed by atoms with Crippen molar-refractivity contribution in [3.8, 4) is 0 Å². The number of carboxylic acids is 1. The van der Waals surface area contributed by atoms with Gasteiger partial charge in [0.25, 0.3) is 5.91 Å². The van der Waals surface area contributed by atoms with E-state index in [1.807, 2.05) is 6.92 Å². The summed E-state index contributed by atoms with van der Waals surface area (Å²) in [5.41, 5.74) is 0.106. The first-order chi connectivity index (χ1) is 10.5. The lowest BCUT2D eigenvalue weighted by Crippen LogP contribution is -2.38. The minimum Gasteiger partial charge on any atom is -0.481 e. The zero-order valence-corrected chi connectivity index (χ0v) is 12.8. The molecule has 7 heteroatoms. The molecule has 0 fully saturated rings. The smallest absolute Gasteiger partial charge is 0.308 e. The first kappa shape index (κ1) is 18.0. The lowest BCUT2D eigenvalue weighted by atomic mass is 10.1. The van der Waals surface area contributed by atoms with Crippen molar-refractivity contribution in [1.29, 1.82) is 0 Å². The van der Waals surface area contributed by atoms with Gasteiger partial charge < -0.3 is 14.7 Å². The summed E-state index contributed by atoms with van der Waals surface area (Å²) < 4.78 is 18.4. The molecule has 122 valence electrons. The molecule has 0 saturated carbocycles. The van der Waals surface area contributed by atoms with Gasteiger partial charge >= 0.3 is 5.97 Å². The van der Waals surface area contributed by atoms with Gasteiger partial charge in [-0.1, -0.05) is 6.92 Å². The number of aliphatic carboxylic acids is 1. The number of amides is 1. The van der Waals surface area contributed by atoms with Crippen LogP contribution in [0.15, 0.2) is 18.5 Å². The molecule has 1 N–H and O–H groups in total. The third kappa shape index (κ3) is 5.77. The largest absolute Gasteiger partial charge is 0.481 e. The maximum absolute atomic E-state index is 13.2. The Bertz CT molecular complexity index is 510. The van der Waals surface area contributed by atoms with E-state index in [4.69, 9.17) is 9.84 Å². The maximum Gasteiger partial charge on any atom is 0.308 e. The Morgan fingerprint density at radius 1 is 1.45 bits per heavy atom. The normalized spacial score (nSPS) is 12.0. The summed E-state index contributed by atoms with van der Waals surface area (Å²) in [5.74, 6) is -2.74. The van der Waals surface area contributed by atoms with Crippen LogP contribution >= 0.6 is 0 Å². The second-order valence-electron chi connectivity index (χ2n) is 4.93. The fraction of sp³-hybridized carbons (Fsp3) is 0.533. The molecule has 22 heavy (non-hydrogen) atoms. The lowest BCUT2D eigenvalue weighted by Gasteiger charge is -2.24. The summed E-state index contributed by atoms with van der Waals surface area (Å²) >= 11 is 0. The SMILES string of the molecule is CCOCCCN(CC(C)C(=O)O)C(=O)c1cncc(F)c1. The number of nitrogens with zero attached hydrogens (tertiary/aromatic N) is 2. The Kier molecular flexibility index (Phi) is 7.45. The second-order valence-corrected chi connectivity index (χ2v) is 4.93. The van der Waals surface area contributed by atoms with Crippen LogP contribution in [0.1, 0.15) is 30.6 Å². The predicted molar refractivity (Wildman–Crippen MR) is 78.0 cm³/mol. The Balaban J connectivity index is 2.78. The van der Waals surface area contributed by atoms with E-state index >= 15 is 0 Å². The summed E-state index contributed by atoms with van der Waals surface area (Å²) in [7, 11) is 0. The highest BCUT2D eigenvalue weighted by molar-refractivity contribution is 5.94. The topological polar surface area (TPSA) is 79.7 Å². The third-order valence-corrected chi connectivity index (χ3v) is 3.08. The van der Waals surface area contributed by atoms with Crippen molar-refractivity contribution in [3.63, 3.8) is 0 Å². The van der Waals surface area contributed by atoms with Gasteiger partial charge in [-0.3, -0.25) is 14.6 Å². The van der Waals surface area contributed by atoms with Crippen molar-refractivity contribution in [2.75, 3.05) is 26.3 Å². The fourth-order valence-electron chi connectivity index (χ4n) is 1.90. The van der Waals surface area contributed by atoms with Gasteiger partial charge in [0, 0.05) is 32.5 Å². The number of carbonyl (C=O) groups excluding carboxylic acids is 1. The van der Waals surface area contributed by atoms with Crippen LogP contribution in [0.2, 0.25) is 0 Å². The molecule has 0 radical (unpaired) electrons. The van der Waals surface area contributed by atoms with Gasteiger partial charge in [-0.2, -0.15) is 0 Å². The molecule has 1 aromatic heterocycles. The lowest BCUT2D eigenvalue weighted by molar-refractivity contribution is -0.141. The van der Waals surface area contributed by atoms with Crippen LogP contribution in [0, 0.1) is 11.7 Å². The first-order valence-electron chi connectivity index (χ1n) is 7.16. The molecule has 0 aromatic carbocycles. The van der Waals surface area contributed by atoms with Crippen molar-refractivity contribution in [3.05, 3.63) is 29.8 Å². The summed E-state index contributed by atoms with van der Waals surface area (Å²) in [6.45, 7) is 4.84. The highest BCUT2D eigenvalue weighted by atomic mass is 19.1. The first-order valence-corrected chi connectivity index (χ1v) is 7.16. The fourth-order valence-corrected chi connectivity index (χ4v) is 1.90. The van der Waals surface area contributed by atoms with Crippen molar-refractivity contribution < 1.29 is 23.8 Å². The Morgan fingerprint density at radius 3 is 2.77 bits per heavy atom. The van der Waals surface area contributed by atoms with E-state index in [-0.39, 0.29) is 12.1 Å². The van der Waals surface area contributed by atoms with Crippen LogP contribution < -0.4 is 0 Å². The van der Waals surface area contributed by atoms with Crippen LogP contribution in [0.3, 0.4) is 0 Å². The zero-order valence-electron chi connectivity index (χ0n) is 12.8. The van der Waals surface area contributed by atoms with Crippen molar-refractivity contribution in [2.45, 2.75) is 20.3 Å². The summed E-state index contributed by atoms with van der Waals surface area (Å²) in [6, 6.07) is 1.09. The maximum atomic E-state index is 13.2. The van der Waals surface area contributed by atoms with E-state index in [1.165, 1.54) is 18.0 Å². The number of pyridine rings is 1. The molecule has 6 nitrogen and oxygen atoms in total. The molecule has 1 atom stereocenters. The van der Waals surface area contributed by atoms with Gasteiger partial charge in [-0.15, -0.1) is 0 Å². The highest BCUT2D eigenvalue weighted by Gasteiger charge is 2.22. The quantitative estimate of drug-likeness (QED) is 0.703. The van der Waals surface area contributed by atoms with Gasteiger partial charge in [0.2, 0.25) is 0 Å². The molecular formula is C15H21FN2O4. The van der Waals surface area contributed by atoms with Crippen LogP contribution in [-0.2, 0) is 9.53 Å². The van der Waals surface area contributed by atoms with Gasteiger partial charge in [0.1, 0.15) is 5.82 Å². The third-order valence-electron chi connectivity index (χ3n) is 3.08. The second kappa shape index (κ2) is 9.09. The van der Waals surface area contributed by atoms with Gasteiger partial charge in [-0.25, -0.2) is 4.39 Å². The molecule has 1 heterocycles. The molecule has 0 bridgehead atoms. The standard InChI is InChI=1S/C15H21FN2O4/c1-3-22-6-4-5-18(10-11(2)15(20)21)14(19)12-7-13(16)9-17-8-12/h7-9,11H,3-6,10H2,1-2H3,(H,20,21). The Hall–Kier alpha value is -2.02. The molecule has 1 amide bonds. The van der Waals surface area contributed by atoms with Crippen molar-refractivity contribution in [2.24, 2.45) is 5.92 Å². The van der Waals surface area contributed by atoms with Crippen LogP contribution in [-0.4, -0.2) is 53.2 Å². The number of carboxylic acid groups (broad SMARTS) is 1. The number of ether oxygens (including phenoxy) is 1. The minimum absolute atomic E-state index is 0.0524. The van der Waals surface area contributed by atoms with E-state index in [0.29, 0.717) is 26.2 Å².